The Balaban J connectivity index is 1.86. The fourth-order valence-corrected chi connectivity index (χ4v) is 3.04. The lowest BCUT2D eigenvalue weighted by Crippen LogP contribution is -2.04. The van der Waals surface area contributed by atoms with Gasteiger partial charge in [0.25, 0.3) is 0 Å². The van der Waals surface area contributed by atoms with Crippen LogP contribution in [0, 0.1) is 0 Å². The quantitative estimate of drug-likeness (QED) is 0.736. The van der Waals surface area contributed by atoms with Crippen LogP contribution in [0.3, 0.4) is 0 Å². The molecule has 1 nitrogen and oxygen atoms in total. The molecule has 84 valence electrons. The molecule has 1 heteroatoms. The molecule has 1 saturated carbocycles. The van der Waals surface area contributed by atoms with Crippen LogP contribution >= 0.6 is 0 Å². The topological polar surface area (TPSA) is 12.0 Å². The van der Waals surface area contributed by atoms with Gasteiger partial charge in [-0.2, -0.15) is 0 Å². The molecule has 0 atom stereocenters. The van der Waals surface area contributed by atoms with Gasteiger partial charge in [-0.3, -0.25) is 0 Å². The van der Waals surface area contributed by atoms with Crippen molar-refractivity contribution >= 4 is 5.69 Å². The van der Waals surface area contributed by atoms with Crippen molar-refractivity contribution in [2.45, 2.75) is 44.4 Å². The van der Waals surface area contributed by atoms with E-state index in [-0.39, 0.29) is 0 Å². The highest BCUT2D eigenvalue weighted by atomic mass is 14.9. The Morgan fingerprint density at radius 1 is 1.12 bits per heavy atom. The Morgan fingerprint density at radius 2 is 1.94 bits per heavy atom. The summed E-state index contributed by atoms with van der Waals surface area (Å²) >= 11 is 0. The highest BCUT2D eigenvalue weighted by Crippen LogP contribution is 2.36. The second kappa shape index (κ2) is 3.97. The van der Waals surface area contributed by atoms with Gasteiger partial charge < -0.3 is 5.32 Å². The maximum absolute atomic E-state index is 4.00. The van der Waals surface area contributed by atoms with Gasteiger partial charge in [-0.1, -0.05) is 38.0 Å². The molecule has 1 N–H and O–H groups in total. The van der Waals surface area contributed by atoms with Crippen LogP contribution in [0.2, 0.25) is 0 Å². The molecule has 1 fully saturated rings. The van der Waals surface area contributed by atoms with Crippen molar-refractivity contribution in [2.24, 2.45) is 0 Å². The first-order valence-corrected chi connectivity index (χ1v) is 6.40. The van der Waals surface area contributed by atoms with Gasteiger partial charge in [0.2, 0.25) is 0 Å². The summed E-state index contributed by atoms with van der Waals surface area (Å²) in [6.45, 7) is 4.00. The number of anilines is 1. The van der Waals surface area contributed by atoms with Crippen molar-refractivity contribution < 1.29 is 0 Å². The highest BCUT2D eigenvalue weighted by molar-refractivity contribution is 5.62. The first-order chi connectivity index (χ1) is 7.83. The molecular formula is C15H19N. The third-order valence-corrected chi connectivity index (χ3v) is 3.92. The molecule has 2 aliphatic rings. The smallest absolute Gasteiger partial charge is 0.0418 e. The zero-order chi connectivity index (χ0) is 11.0. The second-order valence-corrected chi connectivity index (χ2v) is 5.16. The first kappa shape index (κ1) is 9.95. The van der Waals surface area contributed by atoms with Gasteiger partial charge in [-0.05, 0) is 36.0 Å². The number of nitrogens with one attached hydrogen (secondary N) is 1. The second-order valence-electron chi connectivity index (χ2n) is 5.16. The Hall–Kier alpha value is -1.24. The van der Waals surface area contributed by atoms with E-state index >= 15 is 0 Å². The SMILES string of the molecule is C=C1Cc2cc(C3CCCCC3)ccc2N1. The average Bonchev–Trinajstić information content (AvgIpc) is 2.69. The van der Waals surface area contributed by atoms with Crippen LogP contribution < -0.4 is 5.32 Å². The third-order valence-electron chi connectivity index (χ3n) is 3.92. The molecule has 1 aliphatic carbocycles. The lowest BCUT2D eigenvalue weighted by atomic mass is 9.83. The maximum Gasteiger partial charge on any atom is 0.0418 e. The number of allylic oxidation sites excluding steroid dienone is 1. The molecular weight excluding hydrogens is 194 g/mol. The fourth-order valence-electron chi connectivity index (χ4n) is 3.04. The summed E-state index contributed by atoms with van der Waals surface area (Å²) in [6, 6.07) is 6.94. The van der Waals surface area contributed by atoms with Crippen molar-refractivity contribution in [3.8, 4) is 0 Å². The van der Waals surface area contributed by atoms with E-state index in [0.29, 0.717) is 0 Å². The fraction of sp³-hybridized carbons (Fsp3) is 0.467. The van der Waals surface area contributed by atoms with Crippen LogP contribution in [-0.2, 0) is 6.42 Å². The van der Waals surface area contributed by atoms with Gasteiger partial charge >= 0.3 is 0 Å². The minimum absolute atomic E-state index is 0.813. The van der Waals surface area contributed by atoms with Crippen molar-refractivity contribution in [2.75, 3.05) is 5.32 Å². The van der Waals surface area contributed by atoms with Crippen molar-refractivity contribution in [1.82, 2.24) is 0 Å². The average molecular weight is 213 g/mol. The number of rotatable bonds is 1. The third kappa shape index (κ3) is 1.75. The van der Waals surface area contributed by atoms with Gasteiger partial charge in [0.1, 0.15) is 0 Å². The molecule has 1 aromatic rings. The van der Waals surface area contributed by atoms with Gasteiger partial charge in [-0.15, -0.1) is 0 Å². The maximum atomic E-state index is 4.00. The molecule has 0 saturated heterocycles. The molecule has 16 heavy (non-hydrogen) atoms. The van der Waals surface area contributed by atoms with Crippen molar-refractivity contribution in [3.05, 3.63) is 41.6 Å². The number of hydrogen-bond donors (Lipinski definition) is 1. The Labute approximate surface area is 97.6 Å². The molecule has 0 unspecified atom stereocenters. The summed E-state index contributed by atoms with van der Waals surface area (Å²) in [5.74, 6) is 0.813. The van der Waals surface area contributed by atoms with E-state index in [4.69, 9.17) is 0 Å². The number of benzene rings is 1. The van der Waals surface area contributed by atoms with E-state index in [2.05, 4.69) is 30.1 Å². The minimum Gasteiger partial charge on any atom is -0.359 e. The molecule has 0 amide bonds. The van der Waals surface area contributed by atoms with Crippen LogP contribution in [-0.4, -0.2) is 0 Å². The van der Waals surface area contributed by atoms with E-state index < -0.39 is 0 Å². The summed E-state index contributed by atoms with van der Waals surface area (Å²) in [6.07, 6.45) is 8.02. The summed E-state index contributed by atoms with van der Waals surface area (Å²) in [5, 5.41) is 3.33. The van der Waals surface area contributed by atoms with Crippen LogP contribution in [0.25, 0.3) is 0 Å². The van der Waals surface area contributed by atoms with E-state index in [1.54, 1.807) is 5.56 Å². The molecule has 0 aromatic heterocycles. The van der Waals surface area contributed by atoms with Gasteiger partial charge in [0.15, 0.2) is 0 Å². The first-order valence-electron chi connectivity index (χ1n) is 6.40. The monoisotopic (exact) mass is 213 g/mol. The molecule has 0 bridgehead atoms. The summed E-state index contributed by atoms with van der Waals surface area (Å²) in [4.78, 5) is 0. The normalized spacial score (nSPS) is 20.6. The zero-order valence-electron chi connectivity index (χ0n) is 9.76. The molecule has 0 spiro atoms. The number of fused-ring (bicyclic) bond motifs is 1. The Morgan fingerprint density at radius 3 is 2.75 bits per heavy atom. The summed E-state index contributed by atoms with van der Waals surface area (Å²) < 4.78 is 0. The van der Waals surface area contributed by atoms with Gasteiger partial charge in [0.05, 0.1) is 0 Å². The van der Waals surface area contributed by atoms with E-state index in [1.807, 2.05) is 0 Å². The molecule has 0 radical (unpaired) electrons. The largest absolute Gasteiger partial charge is 0.359 e. The van der Waals surface area contributed by atoms with Crippen LogP contribution in [0.5, 0.6) is 0 Å². The lowest BCUT2D eigenvalue weighted by Gasteiger charge is -2.22. The zero-order valence-corrected chi connectivity index (χ0v) is 9.76. The van der Waals surface area contributed by atoms with E-state index in [9.17, 15) is 0 Å². The predicted octanol–water partition coefficient (Wildman–Crippen LogP) is 4.22. The van der Waals surface area contributed by atoms with Crippen LogP contribution in [0.1, 0.15) is 49.1 Å². The standard InChI is InChI=1S/C15H19N/c1-11-9-14-10-13(7-8-15(14)16-11)12-5-3-2-4-6-12/h7-8,10,12,16H,1-6,9H2. The van der Waals surface area contributed by atoms with Crippen molar-refractivity contribution in [3.63, 3.8) is 0 Å². The van der Waals surface area contributed by atoms with E-state index in [0.717, 1.165) is 18.0 Å². The van der Waals surface area contributed by atoms with E-state index in [1.165, 1.54) is 43.4 Å². The number of hydrogen-bond acceptors (Lipinski definition) is 1. The summed E-state index contributed by atoms with van der Waals surface area (Å²) in [5.41, 5.74) is 5.39. The van der Waals surface area contributed by atoms with Gasteiger partial charge in [-0.25, -0.2) is 0 Å². The molecule has 1 aliphatic heterocycles. The predicted molar refractivity (Wildman–Crippen MR) is 68.7 cm³/mol. The molecule has 3 rings (SSSR count). The summed E-state index contributed by atoms with van der Waals surface area (Å²) in [7, 11) is 0. The minimum atomic E-state index is 0.813. The molecule has 1 heterocycles. The van der Waals surface area contributed by atoms with Gasteiger partial charge in [0, 0.05) is 17.8 Å². The Kier molecular flexibility index (Phi) is 2.47. The molecule has 1 aromatic carbocycles. The highest BCUT2D eigenvalue weighted by Gasteiger charge is 2.19. The van der Waals surface area contributed by atoms with Crippen LogP contribution in [0.4, 0.5) is 5.69 Å². The van der Waals surface area contributed by atoms with Crippen LogP contribution in [0.15, 0.2) is 30.5 Å². The lowest BCUT2D eigenvalue weighted by molar-refractivity contribution is 0.443. The Bertz CT molecular complexity index is 413. The van der Waals surface area contributed by atoms with Crippen molar-refractivity contribution in [1.29, 1.82) is 0 Å².